The van der Waals surface area contributed by atoms with Crippen LogP contribution in [-0.2, 0) is 21.7 Å². The molecule has 3 nitrogen and oxygen atoms in total. The Morgan fingerprint density at radius 3 is 1.89 bits per heavy atom. The van der Waals surface area contributed by atoms with Gasteiger partial charge in [0.1, 0.15) is 0 Å². The summed E-state index contributed by atoms with van der Waals surface area (Å²) in [5.74, 6) is 0. The fourth-order valence-corrected chi connectivity index (χ4v) is 16.0. The first-order valence-corrected chi connectivity index (χ1v) is 27.1. The van der Waals surface area contributed by atoms with E-state index in [4.69, 9.17) is 0 Å². The van der Waals surface area contributed by atoms with Crippen LogP contribution < -0.4 is 31.1 Å². The molecule has 4 unspecified atom stereocenters. The number of rotatable bonds is 4. The second-order valence-corrected chi connectivity index (χ2v) is 25.5. The van der Waals surface area contributed by atoms with Gasteiger partial charge in [0.2, 0.25) is 0 Å². The molecule has 6 aliphatic rings. The zero-order valence-corrected chi connectivity index (χ0v) is 44.4. The third-order valence-electron chi connectivity index (χ3n) is 19.5. The third-order valence-corrected chi connectivity index (χ3v) is 19.5. The van der Waals surface area contributed by atoms with Crippen LogP contribution >= 0.6 is 0 Å². The number of nitrogens with zero attached hydrogens (tertiary/aromatic N) is 3. The van der Waals surface area contributed by atoms with E-state index in [1.54, 1.807) is 5.56 Å². The van der Waals surface area contributed by atoms with Crippen LogP contribution in [0.3, 0.4) is 0 Å². The van der Waals surface area contributed by atoms with Gasteiger partial charge in [-0.1, -0.05) is 177 Å². The highest BCUT2D eigenvalue weighted by molar-refractivity contribution is 7.00. The van der Waals surface area contributed by atoms with Crippen LogP contribution in [0.25, 0.3) is 11.1 Å². The van der Waals surface area contributed by atoms with Crippen LogP contribution in [0, 0.1) is 13.8 Å². The summed E-state index contributed by atoms with van der Waals surface area (Å²) in [4.78, 5) is 8.59. The maximum absolute atomic E-state index is 2.96. The molecule has 0 saturated heterocycles. The Hall–Kier alpha value is -6.00. The molecule has 358 valence electrons. The van der Waals surface area contributed by atoms with Gasteiger partial charge in [-0.3, -0.25) is 0 Å². The third kappa shape index (κ3) is 5.91. The van der Waals surface area contributed by atoms with Crippen molar-refractivity contribution in [2.45, 2.75) is 160 Å². The van der Waals surface area contributed by atoms with E-state index in [-0.39, 0.29) is 39.5 Å². The molecule has 0 bridgehead atoms. The van der Waals surface area contributed by atoms with Crippen molar-refractivity contribution in [1.82, 2.24) is 0 Å². The standard InChI is InChI=1S/C67H72BN3/c1-43-37-44(2)59-56(38-43)70(65(10)34-19-18-33-64(59,65)9)49-41-57-60-58(42-49)71-61-51(67(46-25-16-13-17-26-46)36-21-20-35-66(67,71)11)27-22-28-53(61)68(60)52-31-29-48(63(6,7)8)40-55(52)69(57)54-32-30-47(62(3,4)5)39-50(54)45-23-14-12-15-24-45/h12-17,22-32,37-42H,18-21,33-36H2,1-11H3. The first-order valence-electron chi connectivity index (χ1n) is 27.1. The number of hydrogen-bond acceptors (Lipinski definition) is 3. The number of aryl methyl sites for hydroxylation is 2. The highest BCUT2D eigenvalue weighted by Gasteiger charge is 2.65. The van der Waals surface area contributed by atoms with Crippen molar-refractivity contribution in [1.29, 1.82) is 0 Å². The number of para-hydroxylation sites is 1. The van der Waals surface area contributed by atoms with Crippen molar-refractivity contribution in [2.75, 3.05) is 14.7 Å². The second kappa shape index (κ2) is 15.0. The van der Waals surface area contributed by atoms with Crippen LogP contribution in [0.2, 0.25) is 0 Å². The minimum atomic E-state index is -0.202. The summed E-state index contributed by atoms with van der Waals surface area (Å²) in [6, 6.07) is 55.7. The Labute approximate surface area is 425 Å². The summed E-state index contributed by atoms with van der Waals surface area (Å²) in [5, 5.41) is 0. The lowest BCUT2D eigenvalue weighted by Gasteiger charge is -2.54. The number of fused-ring (bicyclic) bond motifs is 10. The first kappa shape index (κ1) is 44.9. The normalized spacial score (nSPS) is 24.8. The van der Waals surface area contributed by atoms with E-state index < -0.39 is 0 Å². The fourth-order valence-electron chi connectivity index (χ4n) is 16.0. The van der Waals surface area contributed by atoms with Gasteiger partial charge in [-0.25, -0.2) is 0 Å². The highest BCUT2D eigenvalue weighted by Crippen LogP contribution is 2.66. The molecule has 0 spiro atoms. The van der Waals surface area contributed by atoms with Gasteiger partial charge in [0, 0.05) is 50.5 Å². The zero-order chi connectivity index (χ0) is 49.2. The van der Waals surface area contributed by atoms with Crippen molar-refractivity contribution in [3.05, 3.63) is 178 Å². The van der Waals surface area contributed by atoms with E-state index in [9.17, 15) is 0 Å². The average Bonchev–Trinajstić information content (AvgIpc) is 3.72. The number of hydrogen-bond donors (Lipinski definition) is 0. The summed E-state index contributed by atoms with van der Waals surface area (Å²) < 4.78 is 0. The summed E-state index contributed by atoms with van der Waals surface area (Å²) in [6.07, 6.45) is 9.58. The predicted octanol–water partition coefficient (Wildman–Crippen LogP) is 15.7. The van der Waals surface area contributed by atoms with Gasteiger partial charge in [0.05, 0.1) is 16.8 Å². The van der Waals surface area contributed by atoms with E-state index in [1.165, 1.54) is 133 Å². The molecule has 7 aromatic carbocycles. The van der Waals surface area contributed by atoms with E-state index in [1.807, 2.05) is 0 Å². The largest absolute Gasteiger partial charge is 0.335 e. The van der Waals surface area contributed by atoms with E-state index in [2.05, 4.69) is 230 Å². The van der Waals surface area contributed by atoms with Crippen LogP contribution in [0.4, 0.5) is 39.8 Å². The first-order chi connectivity index (χ1) is 33.9. The zero-order valence-electron chi connectivity index (χ0n) is 44.4. The van der Waals surface area contributed by atoms with Gasteiger partial charge in [0.25, 0.3) is 6.71 Å². The van der Waals surface area contributed by atoms with Crippen LogP contribution in [0.5, 0.6) is 0 Å². The molecule has 4 heteroatoms. The second-order valence-electron chi connectivity index (χ2n) is 25.5. The lowest BCUT2D eigenvalue weighted by atomic mass is 9.33. The molecule has 4 atom stereocenters. The van der Waals surface area contributed by atoms with Crippen molar-refractivity contribution in [3.63, 3.8) is 0 Å². The molecular weight excluding hydrogens is 858 g/mol. The van der Waals surface area contributed by atoms with Gasteiger partial charge >= 0.3 is 0 Å². The number of benzene rings is 7. The van der Waals surface area contributed by atoms with Crippen LogP contribution in [0.1, 0.15) is 153 Å². The SMILES string of the molecule is Cc1cc(C)c2c(c1)N(c1cc3c4c(c1)N1c5c(cccc5C5(c6ccccc6)CCCCC15C)B4c1ccc(C(C)(C)C)cc1N3c1ccc(C(C)(C)C)cc1-c1ccccc1)C1(C)CCCCC21C. The Balaban J connectivity index is 1.19. The molecule has 2 saturated carbocycles. The minimum Gasteiger partial charge on any atom is -0.335 e. The molecular formula is C67H72BN3. The van der Waals surface area contributed by atoms with Gasteiger partial charge in [-0.2, -0.15) is 0 Å². The maximum Gasteiger partial charge on any atom is 0.252 e. The minimum absolute atomic E-state index is 0.0103. The van der Waals surface area contributed by atoms with Crippen molar-refractivity contribution >= 4 is 62.9 Å². The smallest absolute Gasteiger partial charge is 0.252 e. The van der Waals surface area contributed by atoms with Crippen LogP contribution in [-0.4, -0.2) is 17.8 Å². The van der Waals surface area contributed by atoms with Crippen molar-refractivity contribution < 1.29 is 0 Å². The van der Waals surface area contributed by atoms with E-state index >= 15 is 0 Å². The number of anilines is 7. The van der Waals surface area contributed by atoms with Gasteiger partial charge in [-0.05, 0) is 162 Å². The van der Waals surface area contributed by atoms with Crippen molar-refractivity contribution in [2.24, 2.45) is 0 Å². The lowest BCUT2D eigenvalue weighted by molar-refractivity contribution is 0.194. The summed E-state index contributed by atoms with van der Waals surface area (Å²) in [7, 11) is 0. The Kier molecular flexibility index (Phi) is 9.51. The molecule has 0 radical (unpaired) electrons. The van der Waals surface area contributed by atoms with E-state index in [0.717, 1.165) is 19.3 Å². The molecule has 2 aliphatic carbocycles. The summed E-state index contributed by atoms with van der Waals surface area (Å²) in [6.45, 7) is 26.9. The highest BCUT2D eigenvalue weighted by atomic mass is 15.3. The molecule has 0 aromatic heterocycles. The van der Waals surface area contributed by atoms with Gasteiger partial charge < -0.3 is 14.7 Å². The van der Waals surface area contributed by atoms with Crippen LogP contribution in [0.15, 0.2) is 140 Å². The molecule has 4 heterocycles. The molecule has 13 rings (SSSR count). The molecule has 0 N–H and O–H groups in total. The quantitative estimate of drug-likeness (QED) is 0.163. The summed E-state index contributed by atoms with van der Waals surface area (Å²) in [5.41, 5.74) is 25.7. The monoisotopic (exact) mass is 930 g/mol. The Morgan fingerprint density at radius 1 is 0.507 bits per heavy atom. The average molecular weight is 930 g/mol. The van der Waals surface area contributed by atoms with Gasteiger partial charge in [-0.15, -0.1) is 0 Å². The predicted molar refractivity (Wildman–Crippen MR) is 304 cm³/mol. The topological polar surface area (TPSA) is 9.72 Å². The Morgan fingerprint density at radius 2 is 1.15 bits per heavy atom. The molecule has 2 fully saturated rings. The fraction of sp³-hybridized carbons (Fsp3) is 0.373. The molecule has 0 amide bonds. The Bertz CT molecular complexity index is 3340. The van der Waals surface area contributed by atoms with E-state index in [0.29, 0.717) is 0 Å². The maximum atomic E-state index is 2.96. The lowest BCUT2D eigenvalue weighted by Crippen LogP contribution is -2.65. The van der Waals surface area contributed by atoms with Crippen molar-refractivity contribution in [3.8, 4) is 11.1 Å². The molecule has 71 heavy (non-hydrogen) atoms. The molecule has 7 aromatic rings. The molecule has 4 aliphatic heterocycles. The van der Waals surface area contributed by atoms with Gasteiger partial charge in [0.15, 0.2) is 0 Å². The summed E-state index contributed by atoms with van der Waals surface area (Å²) >= 11 is 0.